The second-order valence-corrected chi connectivity index (χ2v) is 3.39. The van der Waals surface area contributed by atoms with E-state index >= 15 is 0 Å². The number of carboxylic acid groups (broad SMARTS) is 1. The van der Waals surface area contributed by atoms with Crippen molar-refractivity contribution in [2.24, 2.45) is 0 Å². The Morgan fingerprint density at radius 1 is 1.56 bits per heavy atom. The molecule has 8 heteroatoms. The zero-order valence-corrected chi connectivity index (χ0v) is 9.22. The molecule has 98 valence electrons. The molecule has 1 aromatic carbocycles. The lowest BCUT2D eigenvalue weighted by Crippen LogP contribution is -2.09. The van der Waals surface area contributed by atoms with E-state index < -0.39 is 29.6 Å². The zero-order valence-electron chi connectivity index (χ0n) is 9.22. The fourth-order valence-corrected chi connectivity index (χ4v) is 1.49. The minimum atomic E-state index is -3.08. The topological polar surface area (TPSA) is 89.7 Å². The summed E-state index contributed by atoms with van der Waals surface area (Å²) in [4.78, 5) is 20.6. The first kappa shape index (κ1) is 13.8. The number of aliphatic carboxylic acids is 1. The van der Waals surface area contributed by atoms with Gasteiger partial charge in [-0.2, -0.15) is 8.78 Å². The molecule has 18 heavy (non-hydrogen) atoms. The number of hydrogen-bond acceptors (Lipinski definition) is 4. The van der Waals surface area contributed by atoms with E-state index in [9.17, 15) is 23.7 Å². The maximum absolute atomic E-state index is 12.1. The van der Waals surface area contributed by atoms with Gasteiger partial charge in [-0.3, -0.25) is 14.9 Å². The molecule has 1 rings (SSSR count). The molecule has 0 amide bonds. The molecule has 0 atom stereocenters. The van der Waals surface area contributed by atoms with Crippen LogP contribution in [0.4, 0.5) is 14.5 Å². The molecule has 0 unspecified atom stereocenters. The Labute approximate surface area is 99.9 Å². The number of hydrogen-bond donors (Lipinski definition) is 1. The van der Waals surface area contributed by atoms with Crippen LogP contribution in [0.15, 0.2) is 12.1 Å². The van der Waals surface area contributed by atoms with Crippen LogP contribution >= 0.6 is 0 Å². The molecule has 0 bridgehead atoms. The molecule has 0 fully saturated rings. The first-order valence-corrected chi connectivity index (χ1v) is 4.76. The van der Waals surface area contributed by atoms with Crippen LogP contribution in [0.2, 0.25) is 0 Å². The number of benzene rings is 1. The minimum absolute atomic E-state index is 0.0203. The summed E-state index contributed by atoms with van der Waals surface area (Å²) in [5, 5.41) is 19.4. The number of carboxylic acids is 1. The van der Waals surface area contributed by atoms with Gasteiger partial charge in [0.2, 0.25) is 0 Å². The van der Waals surface area contributed by atoms with Crippen molar-refractivity contribution >= 4 is 11.7 Å². The van der Waals surface area contributed by atoms with Gasteiger partial charge in [0.05, 0.1) is 11.3 Å². The highest BCUT2D eigenvalue weighted by Crippen LogP contribution is 2.31. The summed E-state index contributed by atoms with van der Waals surface area (Å²) in [6.45, 7) is -1.79. The molecule has 0 radical (unpaired) electrons. The van der Waals surface area contributed by atoms with Crippen molar-refractivity contribution in [2.45, 2.75) is 20.0 Å². The van der Waals surface area contributed by atoms with Crippen LogP contribution in [0.25, 0.3) is 0 Å². The summed E-state index contributed by atoms with van der Waals surface area (Å²) in [5.74, 6) is -1.57. The van der Waals surface area contributed by atoms with E-state index in [0.29, 0.717) is 0 Å². The van der Waals surface area contributed by atoms with Crippen LogP contribution in [-0.4, -0.2) is 22.6 Å². The van der Waals surface area contributed by atoms with E-state index in [1.807, 2.05) is 0 Å². The lowest BCUT2D eigenvalue weighted by Gasteiger charge is -2.11. The lowest BCUT2D eigenvalue weighted by molar-refractivity contribution is -0.385. The third-order valence-corrected chi connectivity index (χ3v) is 2.26. The number of alkyl halides is 2. The molecule has 6 nitrogen and oxygen atoms in total. The molecule has 1 aromatic rings. The monoisotopic (exact) mass is 261 g/mol. The van der Waals surface area contributed by atoms with Crippen LogP contribution in [-0.2, 0) is 11.2 Å². The number of ether oxygens (including phenoxy) is 1. The standard InChI is InChI=1S/C10H9F2NO5/c1-5-6(4-9(14)15)7(13(16)17)2-3-8(5)18-10(11)12/h2-3,10H,4H2,1H3,(H,14,15). The fourth-order valence-electron chi connectivity index (χ4n) is 1.49. The lowest BCUT2D eigenvalue weighted by atomic mass is 10.0. The Morgan fingerprint density at radius 3 is 2.61 bits per heavy atom. The van der Waals surface area contributed by atoms with Gasteiger partial charge in [0, 0.05) is 17.2 Å². The van der Waals surface area contributed by atoms with E-state index in [4.69, 9.17) is 5.11 Å². The number of halogens is 2. The van der Waals surface area contributed by atoms with Crippen molar-refractivity contribution in [3.05, 3.63) is 33.4 Å². The average Bonchev–Trinajstić information content (AvgIpc) is 2.22. The smallest absolute Gasteiger partial charge is 0.387 e. The van der Waals surface area contributed by atoms with E-state index in [-0.39, 0.29) is 16.9 Å². The molecule has 0 aliphatic carbocycles. The van der Waals surface area contributed by atoms with Gasteiger partial charge in [-0.05, 0) is 13.0 Å². The molecular weight excluding hydrogens is 252 g/mol. The maximum Gasteiger partial charge on any atom is 0.387 e. The zero-order chi connectivity index (χ0) is 13.9. The summed E-state index contributed by atoms with van der Waals surface area (Å²) in [6.07, 6.45) is -0.636. The van der Waals surface area contributed by atoms with Gasteiger partial charge in [-0.15, -0.1) is 0 Å². The maximum atomic E-state index is 12.1. The minimum Gasteiger partial charge on any atom is -0.481 e. The first-order chi connectivity index (χ1) is 8.32. The summed E-state index contributed by atoms with van der Waals surface area (Å²) in [6, 6.07) is 1.97. The molecule has 0 saturated heterocycles. The third-order valence-electron chi connectivity index (χ3n) is 2.26. The van der Waals surface area contributed by atoms with Gasteiger partial charge in [-0.25, -0.2) is 0 Å². The van der Waals surface area contributed by atoms with Crippen LogP contribution in [0.3, 0.4) is 0 Å². The van der Waals surface area contributed by atoms with Crippen LogP contribution in [0.1, 0.15) is 11.1 Å². The molecule has 0 aromatic heterocycles. The van der Waals surface area contributed by atoms with Crippen LogP contribution < -0.4 is 4.74 Å². The van der Waals surface area contributed by atoms with Crippen molar-refractivity contribution in [3.63, 3.8) is 0 Å². The summed E-state index contributed by atoms with van der Waals surface area (Å²) >= 11 is 0. The Balaban J connectivity index is 3.30. The quantitative estimate of drug-likeness (QED) is 0.647. The first-order valence-electron chi connectivity index (χ1n) is 4.76. The van der Waals surface area contributed by atoms with E-state index in [0.717, 1.165) is 12.1 Å². The van der Waals surface area contributed by atoms with Gasteiger partial charge < -0.3 is 9.84 Å². The van der Waals surface area contributed by atoms with Crippen molar-refractivity contribution in [1.29, 1.82) is 0 Å². The van der Waals surface area contributed by atoms with Crippen molar-refractivity contribution in [2.75, 3.05) is 0 Å². The Kier molecular flexibility index (Phi) is 4.13. The second kappa shape index (κ2) is 5.39. The largest absolute Gasteiger partial charge is 0.481 e. The van der Waals surface area contributed by atoms with Gasteiger partial charge in [0.15, 0.2) is 0 Å². The van der Waals surface area contributed by atoms with Gasteiger partial charge >= 0.3 is 12.6 Å². The summed E-state index contributed by atoms with van der Waals surface area (Å²) in [5.41, 5.74) is -0.561. The normalized spacial score (nSPS) is 10.4. The highest BCUT2D eigenvalue weighted by Gasteiger charge is 2.22. The SMILES string of the molecule is Cc1c(OC(F)F)ccc([N+](=O)[O-])c1CC(=O)O. The highest BCUT2D eigenvalue weighted by atomic mass is 19.3. The number of nitro benzene ring substituents is 1. The number of nitro groups is 1. The Hall–Kier alpha value is -2.25. The molecule has 0 heterocycles. The van der Waals surface area contributed by atoms with Gasteiger partial charge in [0.1, 0.15) is 5.75 Å². The van der Waals surface area contributed by atoms with Crippen LogP contribution in [0, 0.1) is 17.0 Å². The fraction of sp³-hybridized carbons (Fsp3) is 0.300. The van der Waals surface area contributed by atoms with Crippen molar-refractivity contribution < 1.29 is 28.3 Å². The molecule has 0 aliphatic rings. The molecule has 0 aliphatic heterocycles. The average molecular weight is 261 g/mol. The Morgan fingerprint density at radius 2 is 2.17 bits per heavy atom. The summed E-state index contributed by atoms with van der Waals surface area (Å²) < 4.78 is 28.3. The second-order valence-electron chi connectivity index (χ2n) is 3.39. The van der Waals surface area contributed by atoms with E-state index in [1.54, 1.807) is 0 Å². The number of nitrogens with zero attached hydrogens (tertiary/aromatic N) is 1. The number of carbonyl (C=O) groups is 1. The highest BCUT2D eigenvalue weighted by molar-refractivity contribution is 5.73. The molecular formula is C10H9F2NO5. The predicted molar refractivity (Wildman–Crippen MR) is 55.8 cm³/mol. The van der Waals surface area contributed by atoms with Gasteiger partial charge in [-0.1, -0.05) is 0 Å². The van der Waals surface area contributed by atoms with Crippen molar-refractivity contribution in [3.8, 4) is 5.75 Å². The molecule has 1 N–H and O–H groups in total. The van der Waals surface area contributed by atoms with E-state index in [2.05, 4.69) is 4.74 Å². The Bertz CT molecular complexity index is 489. The third kappa shape index (κ3) is 3.12. The van der Waals surface area contributed by atoms with Crippen molar-refractivity contribution in [1.82, 2.24) is 0 Å². The molecule has 0 saturated carbocycles. The summed E-state index contributed by atoms with van der Waals surface area (Å²) in [7, 11) is 0. The van der Waals surface area contributed by atoms with E-state index in [1.165, 1.54) is 6.92 Å². The predicted octanol–water partition coefficient (Wildman–Crippen LogP) is 2.13. The van der Waals surface area contributed by atoms with Crippen LogP contribution in [0.5, 0.6) is 5.75 Å². The molecule has 0 spiro atoms. The van der Waals surface area contributed by atoms with Gasteiger partial charge in [0.25, 0.3) is 5.69 Å². The number of rotatable bonds is 5.